The monoisotopic (exact) mass is 291 g/mol. The number of nitrogens with one attached hydrogen (secondary N) is 1. The number of halogens is 1. The summed E-state index contributed by atoms with van der Waals surface area (Å²) < 4.78 is 14.1. The summed E-state index contributed by atoms with van der Waals surface area (Å²) >= 11 is 1.45. The first-order chi connectivity index (χ1) is 9.54. The molecule has 0 saturated carbocycles. The summed E-state index contributed by atoms with van der Waals surface area (Å²) in [4.78, 5) is 13.1. The molecule has 20 heavy (non-hydrogen) atoms. The summed E-state index contributed by atoms with van der Waals surface area (Å²) in [6, 6.07) is 6.67. The van der Waals surface area contributed by atoms with E-state index in [0.717, 1.165) is 15.3 Å². The van der Waals surface area contributed by atoms with Gasteiger partial charge in [-0.3, -0.25) is 4.79 Å². The Balaban J connectivity index is 2.00. The Labute approximate surface area is 120 Å². The van der Waals surface area contributed by atoms with E-state index >= 15 is 0 Å². The van der Waals surface area contributed by atoms with Gasteiger partial charge in [-0.15, -0.1) is 11.3 Å². The van der Waals surface area contributed by atoms with Crippen LogP contribution in [0.5, 0.6) is 0 Å². The van der Waals surface area contributed by atoms with Crippen LogP contribution in [0.2, 0.25) is 0 Å². The number of rotatable bonds is 2. The lowest BCUT2D eigenvalue weighted by molar-refractivity contribution is -0.116. The Hall–Kier alpha value is -1.72. The van der Waals surface area contributed by atoms with E-state index in [1.807, 2.05) is 19.1 Å². The zero-order chi connectivity index (χ0) is 14.3. The van der Waals surface area contributed by atoms with Gasteiger partial charge in [-0.25, -0.2) is 4.39 Å². The number of carbonyl (C=O) groups is 1. The fourth-order valence-electron chi connectivity index (χ4n) is 2.38. The molecule has 1 aromatic carbocycles. The first-order valence-electron chi connectivity index (χ1n) is 6.41. The lowest BCUT2D eigenvalue weighted by Crippen LogP contribution is -2.19. The fourth-order valence-corrected chi connectivity index (χ4v) is 3.27. The summed E-state index contributed by atoms with van der Waals surface area (Å²) in [5, 5.41) is 13.0. The van der Waals surface area contributed by atoms with Gasteiger partial charge in [0.15, 0.2) is 0 Å². The molecule has 2 N–H and O–H groups in total. The molecule has 0 spiro atoms. The molecule has 5 heteroatoms. The number of anilines is 1. The van der Waals surface area contributed by atoms with Gasteiger partial charge in [0.2, 0.25) is 5.91 Å². The minimum absolute atomic E-state index is 0.0981. The number of amides is 1. The third kappa shape index (κ3) is 2.34. The van der Waals surface area contributed by atoms with Crippen LogP contribution in [0.3, 0.4) is 0 Å². The minimum atomic E-state index is -0.961. The van der Waals surface area contributed by atoms with E-state index < -0.39 is 11.9 Å². The Kier molecular flexibility index (Phi) is 3.31. The molecule has 3 rings (SSSR count). The number of carbonyl (C=O) groups excluding carboxylic acids is 1. The Morgan fingerprint density at radius 3 is 2.85 bits per heavy atom. The first kappa shape index (κ1) is 13.3. The molecule has 1 amide bonds. The Morgan fingerprint density at radius 2 is 2.15 bits per heavy atom. The second-order valence-electron chi connectivity index (χ2n) is 4.93. The Bertz CT molecular complexity index is 681. The molecule has 0 aliphatic carbocycles. The molecule has 1 atom stereocenters. The van der Waals surface area contributed by atoms with Gasteiger partial charge in [-0.05, 0) is 43.2 Å². The smallest absolute Gasteiger partial charge is 0.224 e. The number of aliphatic hydroxyl groups is 1. The van der Waals surface area contributed by atoms with Crippen molar-refractivity contribution in [1.29, 1.82) is 0 Å². The molecular formula is C15H14FNO2S. The molecule has 3 nitrogen and oxygen atoms in total. The van der Waals surface area contributed by atoms with E-state index in [0.29, 0.717) is 18.5 Å². The van der Waals surface area contributed by atoms with Crippen LogP contribution in [-0.2, 0) is 11.2 Å². The summed E-state index contributed by atoms with van der Waals surface area (Å²) in [7, 11) is 0. The maximum Gasteiger partial charge on any atom is 0.224 e. The van der Waals surface area contributed by atoms with Crippen molar-refractivity contribution in [3.05, 3.63) is 51.0 Å². The van der Waals surface area contributed by atoms with Gasteiger partial charge in [0.25, 0.3) is 0 Å². The van der Waals surface area contributed by atoms with Gasteiger partial charge in [0.05, 0.1) is 0 Å². The maximum absolute atomic E-state index is 14.1. The third-order valence-corrected chi connectivity index (χ3v) is 4.50. The van der Waals surface area contributed by atoms with Crippen LogP contribution in [0.4, 0.5) is 10.1 Å². The molecule has 0 saturated heterocycles. The number of hydrogen-bond acceptors (Lipinski definition) is 3. The predicted octanol–water partition coefficient (Wildman–Crippen LogP) is 3.16. The fraction of sp³-hybridized carbons (Fsp3) is 0.267. The minimum Gasteiger partial charge on any atom is -0.383 e. The molecule has 104 valence electrons. The molecule has 1 unspecified atom stereocenters. The average molecular weight is 291 g/mol. The van der Waals surface area contributed by atoms with Crippen molar-refractivity contribution < 1.29 is 14.3 Å². The second kappa shape index (κ2) is 5.00. The zero-order valence-corrected chi connectivity index (χ0v) is 11.8. The summed E-state index contributed by atoms with van der Waals surface area (Å²) in [5.74, 6) is -0.594. The number of benzene rings is 1. The van der Waals surface area contributed by atoms with Crippen LogP contribution in [0.25, 0.3) is 0 Å². The van der Waals surface area contributed by atoms with Crippen LogP contribution in [0.15, 0.2) is 24.3 Å². The molecule has 1 aliphatic heterocycles. The first-order valence-corrected chi connectivity index (χ1v) is 7.23. The van der Waals surface area contributed by atoms with E-state index in [-0.39, 0.29) is 11.5 Å². The lowest BCUT2D eigenvalue weighted by atomic mass is 9.97. The topological polar surface area (TPSA) is 49.3 Å². The van der Waals surface area contributed by atoms with Gasteiger partial charge in [-0.2, -0.15) is 0 Å². The van der Waals surface area contributed by atoms with Crippen molar-refractivity contribution in [2.24, 2.45) is 0 Å². The molecule has 0 bridgehead atoms. The van der Waals surface area contributed by atoms with Crippen LogP contribution in [0, 0.1) is 12.7 Å². The molecule has 2 heterocycles. The van der Waals surface area contributed by atoms with Crippen LogP contribution < -0.4 is 5.32 Å². The third-order valence-electron chi connectivity index (χ3n) is 3.44. The van der Waals surface area contributed by atoms with Crippen molar-refractivity contribution in [2.75, 3.05) is 5.32 Å². The highest BCUT2D eigenvalue weighted by atomic mass is 32.1. The van der Waals surface area contributed by atoms with E-state index in [1.54, 1.807) is 6.07 Å². The number of thiophene rings is 1. The highest BCUT2D eigenvalue weighted by molar-refractivity contribution is 7.12. The molecule has 0 fully saturated rings. The maximum atomic E-state index is 14.1. The number of aliphatic hydroxyl groups excluding tert-OH is 1. The summed E-state index contributed by atoms with van der Waals surface area (Å²) in [5.41, 5.74) is 1.65. The average Bonchev–Trinajstić information content (AvgIpc) is 2.84. The van der Waals surface area contributed by atoms with Crippen molar-refractivity contribution in [1.82, 2.24) is 0 Å². The number of aryl methyl sites for hydroxylation is 2. The van der Waals surface area contributed by atoms with Gasteiger partial charge < -0.3 is 10.4 Å². The van der Waals surface area contributed by atoms with E-state index in [1.165, 1.54) is 17.4 Å². The van der Waals surface area contributed by atoms with E-state index in [4.69, 9.17) is 0 Å². The molecule has 1 aliphatic rings. The lowest BCUT2D eigenvalue weighted by Gasteiger charge is -2.19. The van der Waals surface area contributed by atoms with Crippen molar-refractivity contribution in [3.8, 4) is 0 Å². The van der Waals surface area contributed by atoms with E-state index in [9.17, 15) is 14.3 Å². The molecule has 1 aromatic heterocycles. The largest absolute Gasteiger partial charge is 0.383 e. The SMILES string of the molecule is Cc1ccc(C(O)c2cc3c(cc2F)NC(=O)CC3)s1. The highest BCUT2D eigenvalue weighted by Gasteiger charge is 2.22. The Morgan fingerprint density at radius 1 is 1.35 bits per heavy atom. The summed E-state index contributed by atoms with van der Waals surface area (Å²) in [6.07, 6.45) is 0.00770. The van der Waals surface area contributed by atoms with Crippen LogP contribution in [-0.4, -0.2) is 11.0 Å². The van der Waals surface area contributed by atoms with Crippen LogP contribution >= 0.6 is 11.3 Å². The zero-order valence-electron chi connectivity index (χ0n) is 10.9. The second-order valence-corrected chi connectivity index (χ2v) is 6.25. The van der Waals surface area contributed by atoms with Crippen molar-refractivity contribution in [3.63, 3.8) is 0 Å². The highest BCUT2D eigenvalue weighted by Crippen LogP contribution is 2.33. The molecule has 2 aromatic rings. The van der Waals surface area contributed by atoms with Gasteiger partial charge >= 0.3 is 0 Å². The van der Waals surface area contributed by atoms with Crippen molar-refractivity contribution in [2.45, 2.75) is 25.9 Å². The van der Waals surface area contributed by atoms with Gasteiger partial charge in [0.1, 0.15) is 11.9 Å². The predicted molar refractivity (Wildman–Crippen MR) is 76.5 cm³/mol. The number of hydrogen-bond donors (Lipinski definition) is 2. The van der Waals surface area contributed by atoms with Gasteiger partial charge in [0, 0.05) is 27.4 Å². The van der Waals surface area contributed by atoms with Gasteiger partial charge in [-0.1, -0.05) is 0 Å². The van der Waals surface area contributed by atoms with Crippen LogP contribution in [0.1, 0.15) is 33.4 Å². The molecule has 0 radical (unpaired) electrons. The standard InChI is InChI=1S/C15H14FNO2S/c1-8-2-4-13(20-8)15(19)10-6-9-3-5-14(18)17-12(9)7-11(10)16/h2,4,6-7,15,19H,3,5H2,1H3,(H,17,18). The quantitative estimate of drug-likeness (QED) is 0.893. The normalized spacial score (nSPS) is 15.7. The van der Waals surface area contributed by atoms with E-state index in [2.05, 4.69) is 5.32 Å². The number of fused-ring (bicyclic) bond motifs is 1. The van der Waals surface area contributed by atoms with Crippen molar-refractivity contribution >= 4 is 22.9 Å². The molecular weight excluding hydrogens is 277 g/mol. The summed E-state index contributed by atoms with van der Waals surface area (Å²) in [6.45, 7) is 1.94.